The predicted octanol–water partition coefficient (Wildman–Crippen LogP) is 0.397. The molecule has 1 unspecified atom stereocenters. The average molecular weight is 376 g/mol. The number of H-pyrrole nitrogens is 2. The van der Waals surface area contributed by atoms with Crippen molar-refractivity contribution in [3.63, 3.8) is 0 Å². The smallest absolute Gasteiger partial charge is 0.325 e. The van der Waals surface area contributed by atoms with Gasteiger partial charge in [0.2, 0.25) is 5.91 Å². The SMILES string of the molecule is Cc1[nH]c(=O)[nH]c(=O)c1CC(=O)NC1CCCN(C(=O)c2cccs2)C1. The Morgan fingerprint density at radius 3 is 2.85 bits per heavy atom. The minimum Gasteiger partial charge on any atom is -0.351 e. The van der Waals surface area contributed by atoms with Crippen LogP contribution in [-0.2, 0) is 11.2 Å². The number of thiophene rings is 1. The Hall–Kier alpha value is -2.68. The predicted molar refractivity (Wildman–Crippen MR) is 97.5 cm³/mol. The minimum atomic E-state index is -0.591. The van der Waals surface area contributed by atoms with E-state index in [2.05, 4.69) is 15.3 Å². The van der Waals surface area contributed by atoms with E-state index in [-0.39, 0.29) is 29.8 Å². The summed E-state index contributed by atoms with van der Waals surface area (Å²) in [4.78, 5) is 54.9. The van der Waals surface area contributed by atoms with Crippen LogP contribution < -0.4 is 16.6 Å². The summed E-state index contributed by atoms with van der Waals surface area (Å²) in [6, 6.07) is 3.48. The fourth-order valence-electron chi connectivity index (χ4n) is 3.11. The Kier molecular flexibility index (Phi) is 5.36. The van der Waals surface area contributed by atoms with Gasteiger partial charge >= 0.3 is 5.69 Å². The van der Waals surface area contributed by atoms with Gasteiger partial charge in [-0.2, -0.15) is 0 Å². The van der Waals surface area contributed by atoms with Crippen molar-refractivity contribution < 1.29 is 9.59 Å². The second kappa shape index (κ2) is 7.69. The first kappa shape index (κ1) is 18.1. The summed E-state index contributed by atoms with van der Waals surface area (Å²) in [6.07, 6.45) is 1.47. The number of hydrogen-bond acceptors (Lipinski definition) is 5. The summed E-state index contributed by atoms with van der Waals surface area (Å²) >= 11 is 1.40. The van der Waals surface area contributed by atoms with E-state index >= 15 is 0 Å². The quantitative estimate of drug-likeness (QED) is 0.716. The van der Waals surface area contributed by atoms with Gasteiger partial charge in [-0.05, 0) is 31.2 Å². The summed E-state index contributed by atoms with van der Waals surface area (Å²) in [7, 11) is 0. The molecule has 8 nitrogen and oxygen atoms in total. The van der Waals surface area contributed by atoms with Gasteiger partial charge in [0, 0.05) is 30.4 Å². The molecule has 1 aliphatic rings. The molecule has 2 aromatic heterocycles. The summed E-state index contributed by atoms with van der Waals surface area (Å²) in [5, 5.41) is 4.75. The zero-order valence-electron chi connectivity index (χ0n) is 14.3. The first-order chi connectivity index (χ1) is 12.4. The topological polar surface area (TPSA) is 115 Å². The highest BCUT2D eigenvalue weighted by atomic mass is 32.1. The molecular weight excluding hydrogens is 356 g/mol. The van der Waals surface area contributed by atoms with Crippen molar-refractivity contribution in [3.05, 3.63) is 54.5 Å². The molecule has 1 fully saturated rings. The van der Waals surface area contributed by atoms with Crippen LogP contribution in [0.25, 0.3) is 0 Å². The maximum atomic E-state index is 12.4. The van der Waals surface area contributed by atoms with E-state index in [0.29, 0.717) is 23.7 Å². The summed E-state index contributed by atoms with van der Waals surface area (Å²) in [6.45, 7) is 2.70. The Bertz CT molecular complexity index is 916. The first-order valence-electron chi connectivity index (χ1n) is 8.38. The number of aromatic amines is 2. The van der Waals surface area contributed by atoms with Crippen molar-refractivity contribution in [3.8, 4) is 0 Å². The molecule has 3 heterocycles. The summed E-state index contributed by atoms with van der Waals surface area (Å²) < 4.78 is 0. The van der Waals surface area contributed by atoms with Crippen LogP contribution in [0.1, 0.15) is 33.8 Å². The normalized spacial score (nSPS) is 17.1. The number of nitrogens with zero attached hydrogens (tertiary/aromatic N) is 1. The van der Waals surface area contributed by atoms with E-state index in [1.807, 2.05) is 11.4 Å². The molecule has 0 spiro atoms. The molecule has 1 aliphatic heterocycles. The standard InChI is InChI=1S/C17H20N4O4S/c1-10-12(15(23)20-17(25)18-10)8-14(22)19-11-4-2-6-21(9-11)16(24)13-5-3-7-26-13/h3,5,7,11H,2,4,6,8-9H2,1H3,(H,19,22)(H2,18,20,23,25). The van der Waals surface area contributed by atoms with E-state index in [9.17, 15) is 19.2 Å². The van der Waals surface area contributed by atoms with Gasteiger partial charge in [0.1, 0.15) is 0 Å². The number of carbonyl (C=O) groups is 2. The summed E-state index contributed by atoms with van der Waals surface area (Å²) in [5.74, 6) is -0.326. The van der Waals surface area contributed by atoms with Crippen LogP contribution in [0.4, 0.5) is 0 Å². The molecule has 3 rings (SSSR count). The van der Waals surface area contributed by atoms with Gasteiger partial charge in [-0.15, -0.1) is 11.3 Å². The van der Waals surface area contributed by atoms with Crippen LogP contribution in [0.3, 0.4) is 0 Å². The second-order valence-corrected chi connectivity index (χ2v) is 7.27. The number of rotatable bonds is 4. The minimum absolute atomic E-state index is 0.0214. The van der Waals surface area contributed by atoms with E-state index in [1.165, 1.54) is 11.3 Å². The number of aromatic nitrogens is 2. The van der Waals surface area contributed by atoms with Gasteiger partial charge in [-0.25, -0.2) is 4.79 Å². The zero-order chi connectivity index (χ0) is 18.7. The molecule has 0 aliphatic carbocycles. The fourth-order valence-corrected chi connectivity index (χ4v) is 3.80. The largest absolute Gasteiger partial charge is 0.351 e. The fraction of sp³-hybridized carbons (Fsp3) is 0.412. The third kappa shape index (κ3) is 4.10. The van der Waals surface area contributed by atoms with Crippen LogP contribution in [0, 0.1) is 6.92 Å². The average Bonchev–Trinajstić information content (AvgIpc) is 3.12. The number of likely N-dealkylation sites (tertiary alicyclic amines) is 1. The lowest BCUT2D eigenvalue weighted by molar-refractivity contribution is -0.121. The number of carbonyl (C=O) groups excluding carboxylic acids is 2. The molecule has 138 valence electrons. The van der Waals surface area contributed by atoms with Gasteiger partial charge in [0.15, 0.2) is 0 Å². The molecule has 9 heteroatoms. The maximum absolute atomic E-state index is 12.4. The maximum Gasteiger partial charge on any atom is 0.325 e. The molecule has 1 saturated heterocycles. The third-order valence-corrected chi connectivity index (χ3v) is 5.26. The molecule has 0 aromatic carbocycles. The Morgan fingerprint density at radius 2 is 2.15 bits per heavy atom. The van der Waals surface area contributed by atoms with Crippen LogP contribution in [0.15, 0.2) is 27.1 Å². The highest BCUT2D eigenvalue weighted by Gasteiger charge is 2.26. The number of piperidine rings is 1. The van der Waals surface area contributed by atoms with Crippen LogP contribution in [0.5, 0.6) is 0 Å². The van der Waals surface area contributed by atoms with Crippen molar-refractivity contribution in [1.29, 1.82) is 0 Å². The molecule has 2 amide bonds. The molecule has 0 radical (unpaired) electrons. The van der Waals surface area contributed by atoms with Gasteiger partial charge < -0.3 is 15.2 Å². The molecule has 26 heavy (non-hydrogen) atoms. The van der Waals surface area contributed by atoms with Crippen LogP contribution in [0.2, 0.25) is 0 Å². The van der Waals surface area contributed by atoms with Gasteiger partial charge in [-0.1, -0.05) is 6.07 Å². The number of aryl methyl sites for hydroxylation is 1. The van der Waals surface area contributed by atoms with Gasteiger partial charge in [0.25, 0.3) is 11.5 Å². The molecular formula is C17H20N4O4S. The number of nitrogens with one attached hydrogen (secondary N) is 3. The van der Waals surface area contributed by atoms with Crippen LogP contribution >= 0.6 is 11.3 Å². The second-order valence-electron chi connectivity index (χ2n) is 6.32. The number of hydrogen-bond donors (Lipinski definition) is 3. The Balaban J connectivity index is 1.62. The van der Waals surface area contributed by atoms with E-state index in [1.54, 1.807) is 17.9 Å². The number of amides is 2. The monoisotopic (exact) mass is 376 g/mol. The first-order valence-corrected chi connectivity index (χ1v) is 9.26. The van der Waals surface area contributed by atoms with Crippen LogP contribution in [-0.4, -0.2) is 45.8 Å². The molecule has 0 saturated carbocycles. The molecule has 1 atom stereocenters. The van der Waals surface area contributed by atoms with Crippen molar-refractivity contribution in [1.82, 2.24) is 20.2 Å². The molecule has 0 bridgehead atoms. The molecule has 3 N–H and O–H groups in total. The molecule has 2 aromatic rings. The highest BCUT2D eigenvalue weighted by molar-refractivity contribution is 7.12. The van der Waals surface area contributed by atoms with Crippen molar-refractivity contribution >= 4 is 23.2 Å². The van der Waals surface area contributed by atoms with E-state index < -0.39 is 11.2 Å². The Labute approximate surface area is 153 Å². The lowest BCUT2D eigenvalue weighted by Crippen LogP contribution is -2.50. The van der Waals surface area contributed by atoms with Gasteiger partial charge in [0.05, 0.1) is 11.3 Å². The van der Waals surface area contributed by atoms with Crippen molar-refractivity contribution in [2.75, 3.05) is 13.1 Å². The Morgan fingerprint density at radius 1 is 1.35 bits per heavy atom. The lowest BCUT2D eigenvalue weighted by Gasteiger charge is -2.33. The van der Waals surface area contributed by atoms with Crippen molar-refractivity contribution in [2.24, 2.45) is 0 Å². The van der Waals surface area contributed by atoms with E-state index in [0.717, 1.165) is 12.8 Å². The van der Waals surface area contributed by atoms with Crippen molar-refractivity contribution in [2.45, 2.75) is 32.2 Å². The van der Waals surface area contributed by atoms with Gasteiger partial charge in [-0.3, -0.25) is 19.4 Å². The lowest BCUT2D eigenvalue weighted by atomic mass is 10.0. The highest BCUT2D eigenvalue weighted by Crippen LogP contribution is 2.17. The summed E-state index contributed by atoms with van der Waals surface area (Å²) in [5.41, 5.74) is -0.525. The third-order valence-electron chi connectivity index (χ3n) is 4.40. The van der Waals surface area contributed by atoms with E-state index in [4.69, 9.17) is 0 Å². The zero-order valence-corrected chi connectivity index (χ0v) is 15.1.